The minimum atomic E-state index is -0.300. The number of carbonyl (C=O) groups excluding carboxylic acids is 1. The Morgan fingerprint density at radius 1 is 1.22 bits per heavy atom. The number of hydrogen-bond acceptors (Lipinski definition) is 4. The summed E-state index contributed by atoms with van der Waals surface area (Å²) >= 11 is 1.61. The number of aryl methyl sites for hydroxylation is 3. The van der Waals surface area contributed by atoms with E-state index in [-0.39, 0.29) is 23.7 Å². The van der Waals surface area contributed by atoms with Gasteiger partial charge in [0.05, 0.1) is 5.39 Å². The summed E-state index contributed by atoms with van der Waals surface area (Å²) < 4.78 is 12.9. The highest BCUT2D eigenvalue weighted by Gasteiger charge is 2.19. The number of nitrogens with one attached hydrogen (secondary N) is 2. The van der Waals surface area contributed by atoms with Crippen molar-refractivity contribution in [2.75, 3.05) is 0 Å². The van der Waals surface area contributed by atoms with Crippen LogP contribution in [0.4, 0.5) is 4.39 Å². The van der Waals surface area contributed by atoms with Gasteiger partial charge in [0.2, 0.25) is 5.91 Å². The van der Waals surface area contributed by atoms with Gasteiger partial charge < -0.3 is 10.3 Å². The van der Waals surface area contributed by atoms with Crippen LogP contribution in [0.2, 0.25) is 0 Å². The lowest BCUT2D eigenvalue weighted by Gasteiger charge is -2.09. The molecule has 0 saturated carbocycles. The van der Waals surface area contributed by atoms with Gasteiger partial charge in [0.15, 0.2) is 0 Å². The number of carbonyl (C=O) groups is 1. The Morgan fingerprint density at radius 2 is 2.00 bits per heavy atom. The van der Waals surface area contributed by atoms with E-state index in [4.69, 9.17) is 0 Å². The molecule has 1 aromatic carbocycles. The highest BCUT2D eigenvalue weighted by Crippen LogP contribution is 2.33. The van der Waals surface area contributed by atoms with E-state index >= 15 is 0 Å². The molecule has 1 amide bonds. The van der Waals surface area contributed by atoms with E-state index in [0.29, 0.717) is 18.8 Å². The summed E-state index contributed by atoms with van der Waals surface area (Å²) in [5.41, 5.74) is 1.90. The van der Waals surface area contributed by atoms with Gasteiger partial charge >= 0.3 is 0 Å². The molecule has 3 aromatic rings. The van der Waals surface area contributed by atoms with E-state index in [0.717, 1.165) is 35.0 Å². The predicted octanol–water partition coefficient (Wildman–Crippen LogP) is 3.25. The summed E-state index contributed by atoms with van der Waals surface area (Å²) in [5, 5.41) is 3.54. The number of hydrogen-bond donors (Lipinski definition) is 2. The van der Waals surface area contributed by atoms with Crippen LogP contribution in [0.25, 0.3) is 10.2 Å². The number of H-pyrrole nitrogens is 1. The fraction of sp³-hybridized carbons (Fsp3) is 0.350. The zero-order valence-corrected chi connectivity index (χ0v) is 15.6. The summed E-state index contributed by atoms with van der Waals surface area (Å²) in [4.78, 5) is 34.0. The standard InChI is InChI=1S/C20H20FN3O2S/c21-13-7-5-12(6-8-13)11-22-17(25)10-9-16-23-19(26)18-14-3-1-2-4-15(14)27-20(18)24-16/h5-8H,1-4,9-11H2,(H,22,25)(H,23,24,26). The Labute approximate surface area is 159 Å². The molecule has 0 atom stereocenters. The van der Waals surface area contributed by atoms with Gasteiger partial charge in [-0.3, -0.25) is 9.59 Å². The van der Waals surface area contributed by atoms with Crippen LogP contribution in [0.15, 0.2) is 29.1 Å². The SMILES string of the molecule is O=C(CCc1nc2sc3c(c2c(=O)[nH]1)CCCC3)NCc1ccc(F)cc1. The van der Waals surface area contributed by atoms with E-state index in [1.165, 1.54) is 29.0 Å². The van der Waals surface area contributed by atoms with Gasteiger partial charge in [-0.1, -0.05) is 12.1 Å². The van der Waals surface area contributed by atoms with Crippen molar-refractivity contribution in [3.05, 3.63) is 62.3 Å². The third-order valence-corrected chi connectivity index (χ3v) is 6.05. The highest BCUT2D eigenvalue weighted by molar-refractivity contribution is 7.18. The van der Waals surface area contributed by atoms with Crippen molar-refractivity contribution in [1.82, 2.24) is 15.3 Å². The van der Waals surface area contributed by atoms with Gasteiger partial charge in [0, 0.05) is 24.3 Å². The van der Waals surface area contributed by atoms with Crippen LogP contribution in [0.1, 0.15) is 41.1 Å². The maximum atomic E-state index is 12.9. The molecule has 5 nitrogen and oxygen atoms in total. The average molecular weight is 385 g/mol. The second-order valence-electron chi connectivity index (χ2n) is 6.81. The van der Waals surface area contributed by atoms with Gasteiger partial charge in [-0.25, -0.2) is 9.37 Å². The number of rotatable bonds is 5. The second-order valence-corrected chi connectivity index (χ2v) is 7.89. The lowest BCUT2D eigenvalue weighted by molar-refractivity contribution is -0.121. The molecule has 0 radical (unpaired) electrons. The molecule has 0 bridgehead atoms. The number of amides is 1. The molecular weight excluding hydrogens is 365 g/mol. The Hall–Kier alpha value is -2.54. The molecule has 27 heavy (non-hydrogen) atoms. The zero-order chi connectivity index (χ0) is 18.8. The van der Waals surface area contributed by atoms with Crippen molar-refractivity contribution >= 4 is 27.5 Å². The normalized spacial score (nSPS) is 13.5. The lowest BCUT2D eigenvalue weighted by Crippen LogP contribution is -2.23. The maximum absolute atomic E-state index is 12.9. The quantitative estimate of drug-likeness (QED) is 0.708. The molecule has 2 heterocycles. The van der Waals surface area contributed by atoms with E-state index < -0.39 is 0 Å². The number of aromatic amines is 1. The first-order valence-electron chi connectivity index (χ1n) is 9.15. The molecule has 0 fully saturated rings. The minimum Gasteiger partial charge on any atom is -0.352 e. The van der Waals surface area contributed by atoms with Crippen molar-refractivity contribution < 1.29 is 9.18 Å². The third kappa shape index (κ3) is 3.93. The molecule has 0 aliphatic heterocycles. The molecule has 0 saturated heterocycles. The molecule has 2 N–H and O–H groups in total. The van der Waals surface area contributed by atoms with Crippen LogP contribution in [-0.2, 0) is 30.6 Å². The molecular formula is C20H20FN3O2S. The van der Waals surface area contributed by atoms with Crippen molar-refractivity contribution in [1.29, 1.82) is 0 Å². The van der Waals surface area contributed by atoms with Crippen LogP contribution in [0.3, 0.4) is 0 Å². The van der Waals surface area contributed by atoms with Crippen LogP contribution in [0.5, 0.6) is 0 Å². The van der Waals surface area contributed by atoms with Crippen LogP contribution in [0, 0.1) is 5.82 Å². The van der Waals surface area contributed by atoms with E-state index in [1.807, 2.05) is 0 Å². The molecule has 0 unspecified atom stereocenters. The average Bonchev–Trinajstić information content (AvgIpc) is 3.05. The number of halogens is 1. The summed E-state index contributed by atoms with van der Waals surface area (Å²) in [7, 11) is 0. The smallest absolute Gasteiger partial charge is 0.259 e. The van der Waals surface area contributed by atoms with Gasteiger partial charge in [-0.2, -0.15) is 0 Å². The Balaban J connectivity index is 1.40. The molecule has 0 spiro atoms. The van der Waals surface area contributed by atoms with Gasteiger partial charge in [-0.15, -0.1) is 11.3 Å². The number of thiophene rings is 1. The number of benzene rings is 1. The lowest BCUT2D eigenvalue weighted by atomic mass is 9.97. The fourth-order valence-corrected chi connectivity index (χ4v) is 4.73. The largest absolute Gasteiger partial charge is 0.352 e. The topological polar surface area (TPSA) is 74.8 Å². The number of nitrogens with zero attached hydrogens (tertiary/aromatic N) is 1. The van der Waals surface area contributed by atoms with Gasteiger partial charge in [0.1, 0.15) is 16.5 Å². The molecule has 1 aliphatic rings. The first-order valence-corrected chi connectivity index (χ1v) is 9.96. The minimum absolute atomic E-state index is 0.0962. The summed E-state index contributed by atoms with van der Waals surface area (Å²) in [6, 6.07) is 6.01. The third-order valence-electron chi connectivity index (χ3n) is 4.87. The summed E-state index contributed by atoms with van der Waals surface area (Å²) in [6.07, 6.45) is 4.87. The molecule has 7 heteroatoms. The van der Waals surface area contributed by atoms with E-state index in [2.05, 4.69) is 15.3 Å². The zero-order valence-electron chi connectivity index (χ0n) is 14.8. The summed E-state index contributed by atoms with van der Waals surface area (Å²) in [5.74, 6) is 0.112. The first-order chi connectivity index (χ1) is 13.1. The van der Waals surface area contributed by atoms with Crippen molar-refractivity contribution in [2.24, 2.45) is 0 Å². The number of fused-ring (bicyclic) bond motifs is 3. The maximum Gasteiger partial charge on any atom is 0.259 e. The number of aromatic nitrogens is 2. The molecule has 2 aromatic heterocycles. The van der Waals surface area contributed by atoms with Crippen LogP contribution >= 0.6 is 11.3 Å². The molecule has 1 aliphatic carbocycles. The summed E-state index contributed by atoms with van der Waals surface area (Å²) in [6.45, 7) is 0.347. The Bertz CT molecular complexity index is 1040. The Kier molecular flexibility index (Phi) is 5.03. The van der Waals surface area contributed by atoms with Crippen LogP contribution in [-0.4, -0.2) is 15.9 Å². The van der Waals surface area contributed by atoms with E-state index in [1.54, 1.807) is 23.5 Å². The van der Waals surface area contributed by atoms with Gasteiger partial charge in [-0.05, 0) is 48.9 Å². The second kappa shape index (κ2) is 7.60. The van der Waals surface area contributed by atoms with E-state index in [9.17, 15) is 14.0 Å². The molecule has 4 rings (SSSR count). The monoisotopic (exact) mass is 385 g/mol. The Morgan fingerprint density at radius 3 is 2.81 bits per heavy atom. The molecule has 140 valence electrons. The highest BCUT2D eigenvalue weighted by atomic mass is 32.1. The first kappa shape index (κ1) is 17.9. The van der Waals surface area contributed by atoms with Crippen molar-refractivity contribution in [3.8, 4) is 0 Å². The van der Waals surface area contributed by atoms with Crippen molar-refractivity contribution in [3.63, 3.8) is 0 Å². The predicted molar refractivity (Wildman–Crippen MR) is 103 cm³/mol. The fourth-order valence-electron chi connectivity index (χ4n) is 3.45. The van der Waals surface area contributed by atoms with Gasteiger partial charge in [0.25, 0.3) is 5.56 Å². The van der Waals surface area contributed by atoms with Crippen LogP contribution < -0.4 is 10.9 Å². The van der Waals surface area contributed by atoms with Crippen molar-refractivity contribution in [2.45, 2.75) is 45.1 Å².